The van der Waals surface area contributed by atoms with E-state index in [-0.39, 0.29) is 0 Å². The molecule has 0 fully saturated rings. The van der Waals surface area contributed by atoms with E-state index in [1.807, 2.05) is 0 Å². The Balaban J connectivity index is 2.78. The summed E-state index contributed by atoms with van der Waals surface area (Å²) >= 11 is 0. The first-order valence-corrected chi connectivity index (χ1v) is 8.27. The zero-order valence-corrected chi connectivity index (χ0v) is 14.8. The first kappa shape index (κ1) is 17.8. The fraction of sp³-hybridized carbons (Fsp3) is 0.524. The molecule has 0 radical (unpaired) electrons. The summed E-state index contributed by atoms with van der Waals surface area (Å²) in [5, 5.41) is 0. The molecule has 0 atom stereocenters. The summed E-state index contributed by atoms with van der Waals surface area (Å²) in [4.78, 5) is 0. The molecule has 0 aliphatic heterocycles. The molecular formula is C21H32. The lowest BCUT2D eigenvalue weighted by Crippen LogP contribution is -2.19. The monoisotopic (exact) mass is 284 g/mol. The summed E-state index contributed by atoms with van der Waals surface area (Å²) in [6.45, 7) is 13.5. The highest BCUT2D eigenvalue weighted by Gasteiger charge is 2.26. The minimum atomic E-state index is 0.329. The molecule has 0 bridgehead atoms. The molecule has 0 amide bonds. The van der Waals surface area contributed by atoms with E-state index in [0.29, 0.717) is 5.41 Å². The van der Waals surface area contributed by atoms with E-state index in [1.54, 1.807) is 5.57 Å². The molecule has 0 heterocycles. The molecule has 1 rings (SSSR count). The second-order valence-corrected chi connectivity index (χ2v) is 6.89. The Labute approximate surface area is 132 Å². The van der Waals surface area contributed by atoms with Crippen LogP contribution < -0.4 is 0 Å². The van der Waals surface area contributed by atoms with Crippen LogP contribution in [0.1, 0.15) is 67.2 Å². The molecule has 0 heteroatoms. The van der Waals surface area contributed by atoms with E-state index in [4.69, 9.17) is 0 Å². The van der Waals surface area contributed by atoms with E-state index >= 15 is 0 Å². The summed E-state index contributed by atoms with van der Waals surface area (Å²) in [6, 6.07) is 0. The molecule has 0 saturated heterocycles. The molecule has 0 N–H and O–H groups in total. The maximum absolute atomic E-state index is 2.37. The van der Waals surface area contributed by atoms with Crippen molar-refractivity contribution in [3.63, 3.8) is 0 Å². The van der Waals surface area contributed by atoms with Crippen LogP contribution in [0.4, 0.5) is 0 Å². The molecular weight excluding hydrogens is 252 g/mol. The van der Waals surface area contributed by atoms with Crippen molar-refractivity contribution in [3.05, 3.63) is 58.7 Å². The maximum Gasteiger partial charge on any atom is -0.0104 e. The molecule has 0 aromatic rings. The third-order valence-corrected chi connectivity index (χ3v) is 4.30. The summed E-state index contributed by atoms with van der Waals surface area (Å²) in [6.07, 6.45) is 18.3. The second kappa shape index (κ2) is 8.22. The van der Waals surface area contributed by atoms with Crippen molar-refractivity contribution in [2.45, 2.75) is 67.2 Å². The van der Waals surface area contributed by atoms with Gasteiger partial charge >= 0.3 is 0 Å². The van der Waals surface area contributed by atoms with Crippen molar-refractivity contribution >= 4 is 0 Å². The fourth-order valence-corrected chi connectivity index (χ4v) is 3.02. The van der Waals surface area contributed by atoms with E-state index in [0.717, 1.165) is 6.42 Å². The minimum absolute atomic E-state index is 0.329. The number of allylic oxidation sites excluding steroid dienone is 10. The summed E-state index contributed by atoms with van der Waals surface area (Å²) in [7, 11) is 0. The van der Waals surface area contributed by atoms with Gasteiger partial charge in [-0.3, -0.25) is 0 Å². The van der Waals surface area contributed by atoms with Crippen LogP contribution in [0.5, 0.6) is 0 Å². The Kier molecular flexibility index (Phi) is 6.95. The van der Waals surface area contributed by atoms with Gasteiger partial charge in [0.25, 0.3) is 0 Å². The van der Waals surface area contributed by atoms with E-state index in [9.17, 15) is 0 Å². The molecule has 21 heavy (non-hydrogen) atoms. The van der Waals surface area contributed by atoms with Gasteiger partial charge < -0.3 is 0 Å². The number of rotatable bonds is 5. The number of hydrogen-bond donors (Lipinski definition) is 0. The molecule has 0 unspecified atom stereocenters. The SMILES string of the molecule is CC/C=C(C)/C=C/C=C(C)/C=C/C1=C(C)CCCC1(C)C. The highest BCUT2D eigenvalue weighted by molar-refractivity contribution is 5.37. The van der Waals surface area contributed by atoms with Crippen molar-refractivity contribution in [3.8, 4) is 0 Å². The molecule has 0 nitrogen and oxygen atoms in total. The van der Waals surface area contributed by atoms with Gasteiger partial charge in [0.15, 0.2) is 0 Å². The molecule has 0 saturated carbocycles. The fourth-order valence-electron chi connectivity index (χ4n) is 3.02. The topological polar surface area (TPSA) is 0 Å². The largest absolute Gasteiger partial charge is 0.0819 e. The first-order valence-electron chi connectivity index (χ1n) is 8.27. The van der Waals surface area contributed by atoms with Crippen molar-refractivity contribution < 1.29 is 0 Å². The van der Waals surface area contributed by atoms with Crippen molar-refractivity contribution in [1.82, 2.24) is 0 Å². The Morgan fingerprint density at radius 2 is 1.86 bits per heavy atom. The van der Waals surface area contributed by atoms with E-state index in [2.05, 4.69) is 78.0 Å². The first-order chi connectivity index (χ1) is 9.86. The van der Waals surface area contributed by atoms with Gasteiger partial charge in [-0.25, -0.2) is 0 Å². The van der Waals surface area contributed by atoms with Crippen LogP contribution in [0, 0.1) is 5.41 Å². The average molecular weight is 284 g/mol. The van der Waals surface area contributed by atoms with Crippen molar-refractivity contribution in [2.75, 3.05) is 0 Å². The highest BCUT2D eigenvalue weighted by atomic mass is 14.3. The predicted octanol–water partition coefficient (Wildman–Crippen LogP) is 6.93. The van der Waals surface area contributed by atoms with Crippen LogP contribution in [-0.2, 0) is 0 Å². The predicted molar refractivity (Wildman–Crippen MR) is 96.4 cm³/mol. The van der Waals surface area contributed by atoms with Crippen LogP contribution in [0.2, 0.25) is 0 Å². The minimum Gasteiger partial charge on any atom is -0.0819 e. The maximum atomic E-state index is 2.37. The Hall–Kier alpha value is -1.30. The van der Waals surface area contributed by atoms with Gasteiger partial charge in [-0.2, -0.15) is 0 Å². The van der Waals surface area contributed by atoms with Crippen LogP contribution in [0.25, 0.3) is 0 Å². The zero-order chi connectivity index (χ0) is 15.9. The average Bonchev–Trinajstić information content (AvgIpc) is 2.37. The van der Waals surface area contributed by atoms with Crippen molar-refractivity contribution in [2.24, 2.45) is 5.41 Å². The van der Waals surface area contributed by atoms with Gasteiger partial charge in [-0.05, 0) is 57.4 Å². The Morgan fingerprint density at radius 3 is 2.48 bits per heavy atom. The van der Waals surface area contributed by atoms with Gasteiger partial charge in [0.05, 0.1) is 0 Å². The number of hydrogen-bond acceptors (Lipinski definition) is 0. The molecule has 0 aromatic heterocycles. The third-order valence-electron chi connectivity index (χ3n) is 4.30. The van der Waals surface area contributed by atoms with Crippen LogP contribution in [0.3, 0.4) is 0 Å². The third kappa shape index (κ3) is 5.91. The van der Waals surface area contributed by atoms with Crippen LogP contribution in [0.15, 0.2) is 58.7 Å². The quantitative estimate of drug-likeness (QED) is 0.480. The van der Waals surface area contributed by atoms with Gasteiger partial charge in [-0.1, -0.05) is 73.9 Å². The smallest absolute Gasteiger partial charge is 0.0104 e. The molecule has 116 valence electrons. The standard InChI is InChI=1S/C21H32/c1-7-10-17(2)11-8-12-18(3)14-15-20-19(4)13-9-16-21(20,5)6/h8,10-12,14-15H,7,9,13,16H2,1-6H3/b11-8+,15-14+,17-10+,18-12+. The van der Waals surface area contributed by atoms with Gasteiger partial charge in [-0.15, -0.1) is 0 Å². The summed E-state index contributed by atoms with van der Waals surface area (Å²) < 4.78 is 0. The Morgan fingerprint density at radius 1 is 1.14 bits per heavy atom. The summed E-state index contributed by atoms with van der Waals surface area (Å²) in [5.74, 6) is 0. The normalized spacial score (nSPS) is 20.9. The van der Waals surface area contributed by atoms with Gasteiger partial charge in [0, 0.05) is 0 Å². The van der Waals surface area contributed by atoms with E-state index in [1.165, 1.54) is 36.0 Å². The Bertz CT molecular complexity index is 490. The molecule has 1 aliphatic rings. The molecule has 1 aliphatic carbocycles. The van der Waals surface area contributed by atoms with Gasteiger partial charge in [0.2, 0.25) is 0 Å². The lowest BCUT2D eigenvalue weighted by molar-refractivity contribution is 0.377. The highest BCUT2D eigenvalue weighted by Crippen LogP contribution is 2.40. The molecule has 0 spiro atoms. The second-order valence-electron chi connectivity index (χ2n) is 6.89. The van der Waals surface area contributed by atoms with Crippen LogP contribution >= 0.6 is 0 Å². The van der Waals surface area contributed by atoms with E-state index < -0.39 is 0 Å². The lowest BCUT2D eigenvalue weighted by Gasteiger charge is -2.32. The summed E-state index contributed by atoms with van der Waals surface area (Å²) in [5.41, 5.74) is 6.06. The lowest BCUT2D eigenvalue weighted by atomic mass is 9.72. The van der Waals surface area contributed by atoms with Crippen LogP contribution in [-0.4, -0.2) is 0 Å². The molecule has 0 aromatic carbocycles. The van der Waals surface area contributed by atoms with Crippen molar-refractivity contribution in [1.29, 1.82) is 0 Å². The van der Waals surface area contributed by atoms with Gasteiger partial charge in [0.1, 0.15) is 0 Å². The zero-order valence-electron chi connectivity index (χ0n) is 14.8.